The van der Waals surface area contributed by atoms with Crippen LogP contribution in [0.2, 0.25) is 0 Å². The minimum Gasteiger partial charge on any atom is -0.373 e. The molecule has 0 aromatic heterocycles. The van der Waals surface area contributed by atoms with E-state index in [2.05, 4.69) is 29.4 Å². The summed E-state index contributed by atoms with van der Waals surface area (Å²) in [6.45, 7) is 6.78. The van der Waals surface area contributed by atoms with E-state index in [4.69, 9.17) is 9.73 Å². The second kappa shape index (κ2) is 9.94. The highest BCUT2D eigenvalue weighted by molar-refractivity contribution is 14.0. The molecule has 0 aromatic carbocycles. The van der Waals surface area contributed by atoms with Gasteiger partial charge in [-0.05, 0) is 45.4 Å². The van der Waals surface area contributed by atoms with Gasteiger partial charge in [-0.1, -0.05) is 6.92 Å². The van der Waals surface area contributed by atoms with Gasteiger partial charge in [-0.2, -0.15) is 0 Å². The van der Waals surface area contributed by atoms with Gasteiger partial charge in [-0.25, -0.2) is 0 Å². The van der Waals surface area contributed by atoms with E-state index in [9.17, 15) is 4.79 Å². The molecular formula is C18H33IN4O2. The number of carbonyl (C=O) groups is 1. The average molecular weight is 464 g/mol. The molecule has 4 unspecified atom stereocenters. The van der Waals surface area contributed by atoms with Crippen LogP contribution in [0.1, 0.15) is 58.8 Å². The van der Waals surface area contributed by atoms with Gasteiger partial charge in [-0.3, -0.25) is 9.79 Å². The van der Waals surface area contributed by atoms with Crippen molar-refractivity contribution in [3.05, 3.63) is 0 Å². The van der Waals surface area contributed by atoms with Crippen molar-refractivity contribution in [1.82, 2.24) is 15.5 Å². The fourth-order valence-corrected chi connectivity index (χ4v) is 4.25. The minimum absolute atomic E-state index is 0. The third kappa shape index (κ3) is 5.21. The summed E-state index contributed by atoms with van der Waals surface area (Å²) in [4.78, 5) is 18.7. The molecule has 6 nitrogen and oxygen atoms in total. The monoisotopic (exact) mass is 464 g/mol. The number of likely N-dealkylation sites (tertiary alicyclic amines) is 1. The quantitative estimate of drug-likeness (QED) is 0.345. The van der Waals surface area contributed by atoms with Crippen LogP contribution in [0.15, 0.2) is 4.99 Å². The number of nitrogens with zero attached hydrogens (tertiary/aromatic N) is 2. The summed E-state index contributed by atoms with van der Waals surface area (Å²) in [5, 5.41) is 6.89. The number of carbonyl (C=O) groups excluding carboxylic acids is 1. The Labute approximate surface area is 168 Å². The predicted molar refractivity (Wildman–Crippen MR) is 110 cm³/mol. The lowest BCUT2D eigenvalue weighted by Gasteiger charge is -2.26. The number of rotatable bonds is 7. The molecule has 144 valence electrons. The SMILES string of the molecule is CCNC(=NCCC(CC)N1CCCC1=O)NC1CC2CCC1O2.I. The maximum atomic E-state index is 11.9. The van der Waals surface area contributed by atoms with E-state index in [0.29, 0.717) is 36.6 Å². The second-order valence-electron chi connectivity index (χ2n) is 7.16. The lowest BCUT2D eigenvalue weighted by Crippen LogP contribution is -2.47. The number of nitrogens with one attached hydrogen (secondary N) is 2. The molecule has 3 aliphatic heterocycles. The molecule has 2 bridgehead atoms. The third-order valence-electron chi connectivity index (χ3n) is 5.53. The van der Waals surface area contributed by atoms with Gasteiger partial charge >= 0.3 is 0 Å². The highest BCUT2D eigenvalue weighted by atomic mass is 127. The third-order valence-corrected chi connectivity index (χ3v) is 5.53. The van der Waals surface area contributed by atoms with Gasteiger partial charge in [-0.15, -0.1) is 24.0 Å². The molecule has 3 fully saturated rings. The highest BCUT2D eigenvalue weighted by Crippen LogP contribution is 2.34. The molecule has 4 atom stereocenters. The topological polar surface area (TPSA) is 66.0 Å². The first-order valence-corrected chi connectivity index (χ1v) is 9.71. The van der Waals surface area contributed by atoms with Crippen molar-refractivity contribution in [3.8, 4) is 0 Å². The Hall–Kier alpha value is -0.570. The number of aliphatic imine (C=N–C) groups is 1. The molecule has 3 aliphatic rings. The Kier molecular flexibility index (Phi) is 8.25. The Morgan fingerprint density at radius 2 is 2.24 bits per heavy atom. The highest BCUT2D eigenvalue weighted by Gasteiger charge is 2.41. The molecule has 0 aliphatic carbocycles. The summed E-state index contributed by atoms with van der Waals surface area (Å²) in [6, 6.07) is 0.723. The molecule has 0 aromatic rings. The van der Waals surface area contributed by atoms with Crippen molar-refractivity contribution in [3.63, 3.8) is 0 Å². The zero-order valence-corrected chi connectivity index (χ0v) is 17.8. The number of hydrogen-bond donors (Lipinski definition) is 2. The van der Waals surface area contributed by atoms with Crippen LogP contribution in [0.25, 0.3) is 0 Å². The summed E-state index contributed by atoms with van der Waals surface area (Å²) < 4.78 is 5.91. The molecule has 7 heteroatoms. The van der Waals surface area contributed by atoms with E-state index in [1.54, 1.807) is 0 Å². The number of fused-ring (bicyclic) bond motifs is 2. The number of halogens is 1. The summed E-state index contributed by atoms with van der Waals surface area (Å²) in [6.07, 6.45) is 7.92. The van der Waals surface area contributed by atoms with Crippen LogP contribution in [-0.2, 0) is 9.53 Å². The van der Waals surface area contributed by atoms with Crippen molar-refractivity contribution >= 4 is 35.8 Å². The molecule has 2 N–H and O–H groups in total. The molecule has 3 heterocycles. The van der Waals surface area contributed by atoms with Gasteiger partial charge in [0.1, 0.15) is 0 Å². The van der Waals surface area contributed by atoms with Gasteiger partial charge in [0.15, 0.2) is 5.96 Å². The zero-order valence-electron chi connectivity index (χ0n) is 15.5. The Bertz CT molecular complexity index is 474. The van der Waals surface area contributed by atoms with E-state index < -0.39 is 0 Å². The van der Waals surface area contributed by atoms with Crippen LogP contribution in [0, 0.1) is 0 Å². The molecule has 0 spiro atoms. The zero-order chi connectivity index (χ0) is 16.9. The van der Waals surface area contributed by atoms with Crippen molar-refractivity contribution in [2.45, 2.75) is 83.1 Å². The van der Waals surface area contributed by atoms with E-state index >= 15 is 0 Å². The maximum absolute atomic E-state index is 11.9. The number of guanidine groups is 1. The summed E-state index contributed by atoms with van der Waals surface area (Å²) in [5.41, 5.74) is 0. The minimum atomic E-state index is 0. The second-order valence-corrected chi connectivity index (χ2v) is 7.16. The summed E-state index contributed by atoms with van der Waals surface area (Å²) >= 11 is 0. The lowest BCUT2D eigenvalue weighted by molar-refractivity contribution is -0.129. The molecule has 3 rings (SSSR count). The molecule has 1 amide bonds. The van der Waals surface area contributed by atoms with Gasteiger partial charge < -0.3 is 20.3 Å². The first-order valence-electron chi connectivity index (χ1n) is 9.71. The Morgan fingerprint density at radius 1 is 1.40 bits per heavy atom. The fraction of sp³-hybridized carbons (Fsp3) is 0.889. The number of hydrogen-bond acceptors (Lipinski definition) is 3. The Balaban J connectivity index is 0.00000225. The smallest absolute Gasteiger partial charge is 0.222 e. The van der Waals surface area contributed by atoms with Crippen molar-refractivity contribution < 1.29 is 9.53 Å². The van der Waals surface area contributed by atoms with Gasteiger partial charge in [0, 0.05) is 32.1 Å². The average Bonchev–Trinajstić information content (AvgIpc) is 3.29. The first kappa shape index (κ1) is 20.7. The lowest BCUT2D eigenvalue weighted by atomic mass is 9.96. The van der Waals surface area contributed by atoms with Gasteiger partial charge in [0.05, 0.1) is 18.2 Å². The maximum Gasteiger partial charge on any atom is 0.222 e. The van der Waals surface area contributed by atoms with E-state index in [1.807, 2.05) is 0 Å². The van der Waals surface area contributed by atoms with Gasteiger partial charge in [0.2, 0.25) is 5.91 Å². The summed E-state index contributed by atoms with van der Waals surface area (Å²) in [7, 11) is 0. The van der Waals surface area contributed by atoms with Crippen molar-refractivity contribution in [1.29, 1.82) is 0 Å². The van der Waals surface area contributed by atoms with Crippen LogP contribution in [0.3, 0.4) is 0 Å². The predicted octanol–water partition coefficient (Wildman–Crippen LogP) is 2.27. The fourth-order valence-electron chi connectivity index (χ4n) is 4.25. The van der Waals surface area contributed by atoms with E-state index in [0.717, 1.165) is 57.7 Å². The molecule has 25 heavy (non-hydrogen) atoms. The van der Waals surface area contributed by atoms with E-state index in [1.165, 1.54) is 6.42 Å². The molecule has 3 saturated heterocycles. The van der Waals surface area contributed by atoms with Crippen LogP contribution in [-0.4, -0.2) is 60.7 Å². The standard InChI is InChI=1S/C18H32N4O2.HI/c1-3-13(22-11-5-6-17(22)23)9-10-20-18(19-4-2)21-15-12-14-7-8-16(15)24-14;/h13-16H,3-12H2,1-2H3,(H2,19,20,21);1H. The van der Waals surface area contributed by atoms with Crippen molar-refractivity contribution in [2.75, 3.05) is 19.6 Å². The van der Waals surface area contributed by atoms with Crippen LogP contribution < -0.4 is 10.6 Å². The van der Waals surface area contributed by atoms with E-state index in [-0.39, 0.29) is 24.0 Å². The van der Waals surface area contributed by atoms with Crippen LogP contribution >= 0.6 is 24.0 Å². The number of ether oxygens (including phenoxy) is 1. The Morgan fingerprint density at radius 3 is 2.80 bits per heavy atom. The number of amides is 1. The van der Waals surface area contributed by atoms with Crippen LogP contribution in [0.5, 0.6) is 0 Å². The molecule has 0 radical (unpaired) electrons. The largest absolute Gasteiger partial charge is 0.373 e. The normalized spacial score (nSPS) is 29.7. The van der Waals surface area contributed by atoms with Gasteiger partial charge in [0.25, 0.3) is 0 Å². The molecule has 0 saturated carbocycles. The summed E-state index contributed by atoms with van der Waals surface area (Å²) in [5.74, 6) is 1.20. The first-order chi connectivity index (χ1) is 11.7. The van der Waals surface area contributed by atoms with Crippen LogP contribution in [0.4, 0.5) is 0 Å². The van der Waals surface area contributed by atoms with Crippen molar-refractivity contribution in [2.24, 2.45) is 4.99 Å². The molecular weight excluding hydrogens is 431 g/mol.